The van der Waals surface area contributed by atoms with Crippen molar-refractivity contribution in [1.82, 2.24) is 9.97 Å². The molecule has 3 heterocycles. The minimum atomic E-state index is 0.709. The summed E-state index contributed by atoms with van der Waals surface area (Å²) >= 11 is 1.74. The number of furan rings is 1. The van der Waals surface area contributed by atoms with Gasteiger partial charge in [-0.3, -0.25) is 0 Å². The van der Waals surface area contributed by atoms with Gasteiger partial charge in [-0.25, -0.2) is 9.97 Å². The summed E-state index contributed by atoms with van der Waals surface area (Å²) in [4.78, 5) is 12.8. The molecule has 11 aromatic rings. The summed E-state index contributed by atoms with van der Waals surface area (Å²) in [6.45, 7) is 0. The molecule has 0 unspecified atom stereocenters. The van der Waals surface area contributed by atoms with Gasteiger partial charge >= 0.3 is 0 Å². The van der Waals surface area contributed by atoms with Crippen LogP contribution in [0.3, 0.4) is 0 Å². The Labute approximate surface area is 321 Å². The van der Waals surface area contributed by atoms with E-state index in [4.69, 9.17) is 14.4 Å². The second kappa shape index (κ2) is 12.8. The van der Waals surface area contributed by atoms with Crippen LogP contribution in [0, 0.1) is 0 Å². The monoisotopic (exact) mass is 721 g/mol. The fourth-order valence-electron chi connectivity index (χ4n) is 7.82. The quantitative estimate of drug-likeness (QED) is 0.171. The van der Waals surface area contributed by atoms with Crippen molar-refractivity contribution in [1.29, 1.82) is 0 Å². The molecule has 0 fully saturated rings. The zero-order valence-electron chi connectivity index (χ0n) is 29.6. The van der Waals surface area contributed by atoms with Crippen LogP contribution in [0.4, 0.5) is 17.1 Å². The van der Waals surface area contributed by atoms with Crippen LogP contribution in [0.15, 0.2) is 192 Å². The van der Waals surface area contributed by atoms with E-state index in [1.54, 1.807) is 11.3 Å². The lowest BCUT2D eigenvalue weighted by Gasteiger charge is -2.26. The summed E-state index contributed by atoms with van der Waals surface area (Å²) in [6, 6.07) is 66.1. The fraction of sp³-hybridized carbons (Fsp3) is 0. The maximum Gasteiger partial charge on any atom is 0.160 e. The van der Waals surface area contributed by atoms with Crippen LogP contribution in [-0.4, -0.2) is 9.97 Å². The molecule has 0 atom stereocenters. The molecular weight excluding hydrogens is 691 g/mol. The maximum absolute atomic E-state index is 6.72. The first kappa shape index (κ1) is 31.4. The standard InChI is InChI=1S/C50H31N3OS/c1-3-12-32(13-4-1)34-24-27-39(28-25-34)53(38-16-5-2-6-17-38)42-19-11-20-43-46(42)40-29-26-36(31-44(40)54-43)47-49-48(41-18-9-10-21-45(41)55-49)52-50(51-47)37-23-22-33-14-7-8-15-35(33)30-37/h1-31H. The van der Waals surface area contributed by atoms with Gasteiger partial charge in [0, 0.05) is 38.0 Å². The maximum atomic E-state index is 6.72. The number of para-hydroxylation sites is 1. The lowest BCUT2D eigenvalue weighted by Crippen LogP contribution is -2.10. The van der Waals surface area contributed by atoms with Crippen molar-refractivity contribution in [2.75, 3.05) is 4.90 Å². The molecule has 0 saturated carbocycles. The third-order valence-electron chi connectivity index (χ3n) is 10.5. The predicted octanol–water partition coefficient (Wildman–Crippen LogP) is 14.4. The van der Waals surface area contributed by atoms with Gasteiger partial charge in [-0.2, -0.15) is 0 Å². The van der Waals surface area contributed by atoms with Gasteiger partial charge in [0.25, 0.3) is 0 Å². The first-order chi connectivity index (χ1) is 27.2. The van der Waals surface area contributed by atoms with E-state index in [0.29, 0.717) is 5.82 Å². The second-order valence-corrected chi connectivity index (χ2v) is 14.8. The summed E-state index contributed by atoms with van der Waals surface area (Å²) < 4.78 is 8.98. The van der Waals surface area contributed by atoms with E-state index in [9.17, 15) is 0 Å². The smallest absolute Gasteiger partial charge is 0.160 e. The highest BCUT2D eigenvalue weighted by Crippen LogP contribution is 2.45. The molecule has 8 aromatic carbocycles. The number of aromatic nitrogens is 2. The van der Waals surface area contributed by atoms with E-state index in [-0.39, 0.29) is 0 Å². The molecule has 0 aliphatic carbocycles. The number of hydrogen-bond acceptors (Lipinski definition) is 5. The van der Waals surface area contributed by atoms with Crippen molar-refractivity contribution in [3.63, 3.8) is 0 Å². The van der Waals surface area contributed by atoms with Crippen LogP contribution in [0.25, 0.3) is 86.8 Å². The van der Waals surface area contributed by atoms with E-state index in [2.05, 4.69) is 193 Å². The molecule has 0 aliphatic rings. The molecule has 258 valence electrons. The van der Waals surface area contributed by atoms with E-state index in [1.165, 1.54) is 21.2 Å². The Morgan fingerprint density at radius 1 is 0.455 bits per heavy atom. The third kappa shape index (κ3) is 5.36. The number of thiophene rings is 1. The molecule has 4 nitrogen and oxygen atoms in total. The normalized spacial score (nSPS) is 11.6. The molecule has 0 radical (unpaired) electrons. The topological polar surface area (TPSA) is 42.2 Å². The third-order valence-corrected chi connectivity index (χ3v) is 11.6. The summed E-state index contributed by atoms with van der Waals surface area (Å²) in [6.07, 6.45) is 0. The lowest BCUT2D eigenvalue weighted by atomic mass is 10.0. The van der Waals surface area contributed by atoms with Crippen LogP contribution in [0.5, 0.6) is 0 Å². The average Bonchev–Trinajstić information content (AvgIpc) is 3.83. The molecule has 3 aromatic heterocycles. The molecule has 55 heavy (non-hydrogen) atoms. The summed E-state index contributed by atoms with van der Waals surface area (Å²) in [5.74, 6) is 0.709. The van der Waals surface area contributed by atoms with Crippen molar-refractivity contribution in [2.45, 2.75) is 0 Å². The van der Waals surface area contributed by atoms with Crippen molar-refractivity contribution < 1.29 is 4.42 Å². The number of rotatable bonds is 6. The number of hydrogen-bond donors (Lipinski definition) is 0. The molecule has 0 N–H and O–H groups in total. The van der Waals surface area contributed by atoms with Crippen LogP contribution in [0.2, 0.25) is 0 Å². The van der Waals surface area contributed by atoms with Crippen LogP contribution < -0.4 is 4.90 Å². The van der Waals surface area contributed by atoms with Gasteiger partial charge < -0.3 is 9.32 Å². The highest BCUT2D eigenvalue weighted by molar-refractivity contribution is 7.26. The Hall–Kier alpha value is -7.08. The molecule has 0 saturated heterocycles. The van der Waals surface area contributed by atoms with E-state index in [1.807, 2.05) is 0 Å². The number of benzene rings is 8. The van der Waals surface area contributed by atoms with Gasteiger partial charge in [0.2, 0.25) is 0 Å². The molecule has 0 aliphatic heterocycles. The Kier molecular flexibility index (Phi) is 7.32. The SMILES string of the molecule is c1ccc(-c2ccc(N(c3ccccc3)c3cccc4oc5cc(-c6nc(-c7ccc8ccccc8c7)nc7c6sc6ccccc67)ccc5c34)cc2)cc1. The molecule has 0 spiro atoms. The largest absolute Gasteiger partial charge is 0.456 e. The number of fused-ring (bicyclic) bond motifs is 7. The van der Waals surface area contributed by atoms with Crippen molar-refractivity contribution in [3.8, 4) is 33.8 Å². The molecule has 0 amide bonds. The minimum Gasteiger partial charge on any atom is -0.456 e. The van der Waals surface area contributed by atoms with Crippen molar-refractivity contribution in [3.05, 3.63) is 188 Å². The van der Waals surface area contributed by atoms with Crippen LogP contribution in [-0.2, 0) is 0 Å². The van der Waals surface area contributed by atoms with Gasteiger partial charge in [-0.1, -0.05) is 127 Å². The molecule has 0 bridgehead atoms. The second-order valence-electron chi connectivity index (χ2n) is 13.8. The highest BCUT2D eigenvalue weighted by Gasteiger charge is 2.22. The van der Waals surface area contributed by atoms with Gasteiger partial charge in [-0.05, 0) is 82.6 Å². The lowest BCUT2D eigenvalue weighted by molar-refractivity contribution is 0.669. The molecule has 11 rings (SSSR count). The molecular formula is C50H31N3OS. The van der Waals surface area contributed by atoms with Crippen molar-refractivity contribution in [2.24, 2.45) is 0 Å². The Morgan fingerprint density at radius 2 is 1.15 bits per heavy atom. The highest BCUT2D eigenvalue weighted by atomic mass is 32.1. The van der Waals surface area contributed by atoms with Crippen LogP contribution in [0.1, 0.15) is 0 Å². The molecule has 5 heteroatoms. The Morgan fingerprint density at radius 3 is 2.00 bits per heavy atom. The zero-order valence-corrected chi connectivity index (χ0v) is 30.4. The Bertz CT molecular complexity index is 3200. The van der Waals surface area contributed by atoms with Crippen LogP contribution >= 0.6 is 11.3 Å². The number of anilines is 3. The predicted molar refractivity (Wildman–Crippen MR) is 231 cm³/mol. The van der Waals surface area contributed by atoms with Gasteiger partial charge in [0.1, 0.15) is 11.2 Å². The van der Waals surface area contributed by atoms with E-state index < -0.39 is 0 Å². The average molecular weight is 722 g/mol. The fourth-order valence-corrected chi connectivity index (χ4v) is 8.98. The van der Waals surface area contributed by atoms with Gasteiger partial charge in [-0.15, -0.1) is 11.3 Å². The first-order valence-corrected chi connectivity index (χ1v) is 19.2. The van der Waals surface area contributed by atoms with Gasteiger partial charge in [0.15, 0.2) is 5.82 Å². The van der Waals surface area contributed by atoms with E-state index >= 15 is 0 Å². The minimum absolute atomic E-state index is 0.709. The zero-order chi connectivity index (χ0) is 36.3. The summed E-state index contributed by atoms with van der Waals surface area (Å²) in [5, 5.41) is 5.61. The number of nitrogens with zero attached hydrogens (tertiary/aromatic N) is 3. The Balaban J connectivity index is 1.08. The summed E-state index contributed by atoms with van der Waals surface area (Å²) in [7, 11) is 0. The van der Waals surface area contributed by atoms with Crippen molar-refractivity contribution >= 4 is 81.4 Å². The first-order valence-electron chi connectivity index (χ1n) is 18.4. The summed E-state index contributed by atoms with van der Waals surface area (Å²) in [5.41, 5.74) is 11.1. The van der Waals surface area contributed by atoms with E-state index in [0.717, 1.165) is 76.8 Å². The van der Waals surface area contributed by atoms with Gasteiger partial charge in [0.05, 0.1) is 27.0 Å².